The maximum absolute atomic E-state index is 4.44. The molecule has 0 aliphatic carbocycles. The molecule has 1 fully saturated rings. The third-order valence-electron chi connectivity index (χ3n) is 4.83. The predicted molar refractivity (Wildman–Crippen MR) is 103 cm³/mol. The van der Waals surface area contributed by atoms with Crippen molar-refractivity contribution in [1.82, 2.24) is 20.0 Å². The molecule has 1 heterocycles. The van der Waals surface area contributed by atoms with Crippen LogP contribution in [0, 0.1) is 6.92 Å². The van der Waals surface area contributed by atoms with Crippen LogP contribution in [0.25, 0.3) is 0 Å². The highest BCUT2D eigenvalue weighted by molar-refractivity contribution is 5.79. The second kappa shape index (κ2) is 9.04. The van der Waals surface area contributed by atoms with E-state index < -0.39 is 0 Å². The van der Waals surface area contributed by atoms with Crippen LogP contribution in [0.4, 0.5) is 0 Å². The van der Waals surface area contributed by atoms with Gasteiger partial charge in [0, 0.05) is 59.4 Å². The fourth-order valence-corrected chi connectivity index (χ4v) is 3.06. The minimum atomic E-state index is 0.517. The first kappa shape index (κ1) is 18.7. The quantitative estimate of drug-likeness (QED) is 0.657. The third kappa shape index (κ3) is 5.49. The Balaban J connectivity index is 1.81. The summed E-state index contributed by atoms with van der Waals surface area (Å²) in [6.45, 7) is 10.8. The summed E-state index contributed by atoms with van der Waals surface area (Å²) in [5.41, 5.74) is 2.60. The smallest absolute Gasteiger partial charge is 0.193 e. The zero-order chi connectivity index (χ0) is 17.5. The molecule has 1 aromatic rings. The SMILES string of the molecule is CN=C(NCC(C)N1CCN(C)CC1)N(C)Cc1ccc(C)cc1. The molecule has 0 bridgehead atoms. The zero-order valence-electron chi connectivity index (χ0n) is 15.9. The number of piperazine rings is 1. The van der Waals surface area contributed by atoms with Crippen LogP contribution >= 0.6 is 0 Å². The monoisotopic (exact) mass is 331 g/mol. The van der Waals surface area contributed by atoms with E-state index in [0.29, 0.717) is 6.04 Å². The van der Waals surface area contributed by atoms with Crippen LogP contribution in [-0.2, 0) is 6.54 Å². The summed E-state index contributed by atoms with van der Waals surface area (Å²) in [6.07, 6.45) is 0. The highest BCUT2D eigenvalue weighted by Crippen LogP contribution is 2.07. The van der Waals surface area contributed by atoms with Crippen LogP contribution in [0.3, 0.4) is 0 Å². The van der Waals surface area contributed by atoms with Gasteiger partial charge in [0.1, 0.15) is 0 Å². The molecule has 1 N–H and O–H groups in total. The Morgan fingerprint density at radius 1 is 1.21 bits per heavy atom. The fourth-order valence-electron chi connectivity index (χ4n) is 3.06. The average molecular weight is 332 g/mol. The lowest BCUT2D eigenvalue weighted by molar-refractivity contribution is 0.119. The number of aliphatic imine (C=N–C) groups is 1. The van der Waals surface area contributed by atoms with E-state index in [4.69, 9.17) is 0 Å². The Hall–Kier alpha value is -1.59. The van der Waals surface area contributed by atoms with E-state index in [2.05, 4.69) is 77.2 Å². The third-order valence-corrected chi connectivity index (χ3v) is 4.83. The van der Waals surface area contributed by atoms with Crippen LogP contribution in [0.15, 0.2) is 29.3 Å². The van der Waals surface area contributed by atoms with E-state index in [0.717, 1.165) is 45.2 Å². The van der Waals surface area contributed by atoms with Gasteiger partial charge < -0.3 is 15.1 Å². The van der Waals surface area contributed by atoms with Gasteiger partial charge >= 0.3 is 0 Å². The van der Waals surface area contributed by atoms with Gasteiger partial charge in [0.25, 0.3) is 0 Å². The molecule has 1 aliphatic heterocycles. The molecular weight excluding hydrogens is 298 g/mol. The van der Waals surface area contributed by atoms with Crippen molar-refractivity contribution in [2.24, 2.45) is 4.99 Å². The molecule has 1 aliphatic rings. The molecule has 5 heteroatoms. The summed E-state index contributed by atoms with van der Waals surface area (Å²) in [6, 6.07) is 9.21. The van der Waals surface area contributed by atoms with Crippen molar-refractivity contribution in [2.75, 3.05) is 53.9 Å². The van der Waals surface area contributed by atoms with E-state index in [1.807, 2.05) is 7.05 Å². The Labute approximate surface area is 147 Å². The minimum absolute atomic E-state index is 0.517. The van der Waals surface area contributed by atoms with Crippen LogP contribution < -0.4 is 5.32 Å². The first-order valence-corrected chi connectivity index (χ1v) is 8.89. The lowest BCUT2D eigenvalue weighted by atomic mass is 10.1. The highest BCUT2D eigenvalue weighted by Gasteiger charge is 2.19. The normalized spacial score (nSPS) is 18.5. The summed E-state index contributed by atoms with van der Waals surface area (Å²) in [4.78, 5) is 11.6. The Morgan fingerprint density at radius 3 is 2.42 bits per heavy atom. The Kier molecular flexibility index (Phi) is 7.06. The van der Waals surface area contributed by atoms with Crippen molar-refractivity contribution in [3.05, 3.63) is 35.4 Å². The van der Waals surface area contributed by atoms with Crippen molar-refractivity contribution in [3.63, 3.8) is 0 Å². The zero-order valence-corrected chi connectivity index (χ0v) is 15.9. The average Bonchev–Trinajstić information content (AvgIpc) is 2.58. The van der Waals surface area contributed by atoms with Gasteiger partial charge in [0.2, 0.25) is 0 Å². The fraction of sp³-hybridized carbons (Fsp3) is 0.632. The molecule has 1 aromatic carbocycles. The van der Waals surface area contributed by atoms with Gasteiger partial charge in [-0.3, -0.25) is 9.89 Å². The molecule has 1 atom stereocenters. The molecule has 0 spiro atoms. The Bertz CT molecular complexity index is 517. The summed E-state index contributed by atoms with van der Waals surface area (Å²) < 4.78 is 0. The van der Waals surface area contributed by atoms with Crippen LogP contribution in [0.5, 0.6) is 0 Å². The maximum atomic E-state index is 4.44. The van der Waals surface area contributed by atoms with Gasteiger partial charge in [-0.05, 0) is 26.5 Å². The molecule has 1 saturated heterocycles. The molecule has 0 aromatic heterocycles. The number of benzene rings is 1. The molecule has 0 amide bonds. The van der Waals surface area contributed by atoms with E-state index in [9.17, 15) is 0 Å². The van der Waals surface area contributed by atoms with E-state index in [1.54, 1.807) is 0 Å². The van der Waals surface area contributed by atoms with Crippen molar-refractivity contribution in [2.45, 2.75) is 26.4 Å². The molecule has 134 valence electrons. The molecule has 24 heavy (non-hydrogen) atoms. The number of nitrogens with one attached hydrogen (secondary N) is 1. The lowest BCUT2D eigenvalue weighted by Gasteiger charge is -2.37. The van der Waals surface area contributed by atoms with Crippen LogP contribution in [0.1, 0.15) is 18.1 Å². The van der Waals surface area contributed by atoms with E-state index >= 15 is 0 Å². The molecule has 5 nitrogen and oxygen atoms in total. The molecule has 2 rings (SSSR count). The second-order valence-corrected chi connectivity index (χ2v) is 6.96. The van der Waals surface area contributed by atoms with Gasteiger partial charge in [-0.1, -0.05) is 29.8 Å². The molecule has 0 saturated carbocycles. The standard InChI is InChI=1S/C19H33N5/c1-16-6-8-18(9-7-16)15-23(5)19(20-3)21-14-17(2)24-12-10-22(4)11-13-24/h6-9,17H,10-15H2,1-5H3,(H,20,21). The highest BCUT2D eigenvalue weighted by atomic mass is 15.3. The first-order valence-electron chi connectivity index (χ1n) is 8.89. The number of guanidine groups is 1. The maximum Gasteiger partial charge on any atom is 0.193 e. The Morgan fingerprint density at radius 2 is 1.83 bits per heavy atom. The molecule has 0 radical (unpaired) electrons. The summed E-state index contributed by atoms with van der Waals surface area (Å²) in [7, 11) is 6.15. The number of aryl methyl sites for hydroxylation is 1. The largest absolute Gasteiger partial charge is 0.355 e. The van der Waals surface area contributed by atoms with Gasteiger partial charge in [-0.25, -0.2) is 0 Å². The number of hydrogen-bond acceptors (Lipinski definition) is 3. The van der Waals surface area contributed by atoms with Crippen molar-refractivity contribution < 1.29 is 0 Å². The number of hydrogen-bond donors (Lipinski definition) is 1. The number of nitrogens with zero attached hydrogens (tertiary/aromatic N) is 4. The topological polar surface area (TPSA) is 34.1 Å². The van der Waals surface area contributed by atoms with E-state index in [-0.39, 0.29) is 0 Å². The minimum Gasteiger partial charge on any atom is -0.355 e. The summed E-state index contributed by atoms with van der Waals surface area (Å²) >= 11 is 0. The van der Waals surface area contributed by atoms with Crippen molar-refractivity contribution >= 4 is 5.96 Å². The van der Waals surface area contributed by atoms with Gasteiger partial charge in [-0.2, -0.15) is 0 Å². The number of rotatable bonds is 5. The molecule has 1 unspecified atom stereocenters. The van der Waals surface area contributed by atoms with Crippen LogP contribution in [0.2, 0.25) is 0 Å². The summed E-state index contributed by atoms with van der Waals surface area (Å²) in [5.74, 6) is 0.955. The summed E-state index contributed by atoms with van der Waals surface area (Å²) in [5, 5.41) is 3.53. The van der Waals surface area contributed by atoms with Crippen molar-refractivity contribution in [1.29, 1.82) is 0 Å². The predicted octanol–water partition coefficient (Wildman–Crippen LogP) is 1.64. The molecular formula is C19H33N5. The van der Waals surface area contributed by atoms with E-state index in [1.165, 1.54) is 11.1 Å². The lowest BCUT2D eigenvalue weighted by Crippen LogP contribution is -2.52. The number of likely N-dealkylation sites (N-methyl/N-ethyl adjacent to an activating group) is 1. The van der Waals surface area contributed by atoms with Gasteiger partial charge in [0.15, 0.2) is 5.96 Å². The van der Waals surface area contributed by atoms with Gasteiger partial charge in [-0.15, -0.1) is 0 Å². The van der Waals surface area contributed by atoms with Crippen LogP contribution in [-0.4, -0.2) is 80.6 Å². The van der Waals surface area contributed by atoms with Crippen molar-refractivity contribution in [3.8, 4) is 0 Å². The van der Waals surface area contributed by atoms with Gasteiger partial charge in [0.05, 0.1) is 0 Å². The second-order valence-electron chi connectivity index (χ2n) is 6.96. The first-order chi connectivity index (χ1) is 11.5.